The Bertz CT molecular complexity index is 923. The third-order valence-corrected chi connectivity index (χ3v) is 6.11. The molecule has 3 rings (SSSR count). The molecule has 138 valence electrons. The highest BCUT2D eigenvalue weighted by atomic mass is 35.5. The van der Waals surface area contributed by atoms with Gasteiger partial charge in [0.15, 0.2) is 11.5 Å². The van der Waals surface area contributed by atoms with Crippen molar-refractivity contribution in [1.82, 2.24) is 4.31 Å². The lowest BCUT2D eigenvalue weighted by Crippen LogP contribution is -2.34. The van der Waals surface area contributed by atoms with E-state index in [9.17, 15) is 8.42 Å². The van der Waals surface area contributed by atoms with Crippen molar-refractivity contribution in [3.8, 4) is 11.5 Å². The Labute approximate surface area is 158 Å². The van der Waals surface area contributed by atoms with Gasteiger partial charge in [-0.05, 0) is 53.5 Å². The lowest BCUT2D eigenvalue weighted by atomic mass is 10.0. The van der Waals surface area contributed by atoms with Crippen LogP contribution in [0.5, 0.6) is 11.5 Å². The summed E-state index contributed by atoms with van der Waals surface area (Å²) in [5.41, 5.74) is 2.79. The number of methoxy groups -OCH3 is 2. The van der Waals surface area contributed by atoms with E-state index in [1.807, 2.05) is 12.1 Å². The Morgan fingerprint density at radius 2 is 1.65 bits per heavy atom. The summed E-state index contributed by atoms with van der Waals surface area (Å²) in [6, 6.07) is 10.8. The fourth-order valence-electron chi connectivity index (χ4n) is 2.90. The van der Waals surface area contributed by atoms with Crippen LogP contribution in [-0.2, 0) is 23.0 Å². The van der Waals surface area contributed by atoms with Crippen molar-refractivity contribution < 1.29 is 17.9 Å². The highest BCUT2D eigenvalue weighted by molar-refractivity contribution is 7.92. The van der Waals surface area contributed by atoms with Gasteiger partial charge in [0, 0.05) is 23.5 Å². The zero-order chi connectivity index (χ0) is 18.7. The molecular weight excluding hydrogens is 374 g/mol. The van der Waals surface area contributed by atoms with Crippen LogP contribution in [0.15, 0.2) is 41.8 Å². The molecule has 1 heterocycles. The lowest BCUT2D eigenvalue weighted by Gasteiger charge is -2.27. The van der Waals surface area contributed by atoms with E-state index < -0.39 is 10.0 Å². The van der Waals surface area contributed by atoms with E-state index in [-0.39, 0.29) is 0 Å². The molecule has 0 aromatic heterocycles. The van der Waals surface area contributed by atoms with Gasteiger partial charge < -0.3 is 9.47 Å². The number of fused-ring (bicyclic) bond motifs is 1. The van der Waals surface area contributed by atoms with Crippen molar-refractivity contribution in [3.05, 3.63) is 63.5 Å². The molecule has 2 aromatic rings. The second-order valence-corrected chi connectivity index (χ2v) is 8.21. The van der Waals surface area contributed by atoms with Gasteiger partial charge in [0.2, 0.25) is 10.0 Å². The largest absolute Gasteiger partial charge is 0.493 e. The van der Waals surface area contributed by atoms with Crippen LogP contribution in [0.1, 0.15) is 16.7 Å². The summed E-state index contributed by atoms with van der Waals surface area (Å²) in [5, 5.41) is 1.85. The number of hydrogen-bond donors (Lipinski definition) is 0. The van der Waals surface area contributed by atoms with Crippen LogP contribution in [0.4, 0.5) is 0 Å². The number of sulfonamides is 1. The number of halogens is 1. The molecule has 0 saturated carbocycles. The van der Waals surface area contributed by atoms with E-state index in [1.165, 1.54) is 9.71 Å². The van der Waals surface area contributed by atoms with Crippen LogP contribution in [0.25, 0.3) is 6.08 Å². The molecular formula is C19H20ClNO4S. The first kappa shape index (κ1) is 18.8. The maximum atomic E-state index is 12.7. The molecule has 5 nitrogen and oxygen atoms in total. The zero-order valence-corrected chi connectivity index (χ0v) is 16.2. The monoisotopic (exact) mass is 393 g/mol. The van der Waals surface area contributed by atoms with Crippen LogP contribution < -0.4 is 9.47 Å². The Kier molecular flexibility index (Phi) is 5.55. The third-order valence-electron chi connectivity index (χ3n) is 4.35. The predicted octanol–water partition coefficient (Wildman–Crippen LogP) is 3.72. The molecule has 7 heteroatoms. The standard InChI is InChI=1S/C19H20ClNO4S/c1-24-18-11-15-7-9-21(13-16(15)12-19(18)25-2)26(22,23)10-8-14-3-5-17(20)6-4-14/h3-6,8,10-12H,7,9,13H2,1-2H3/b10-8+. The Morgan fingerprint density at radius 3 is 2.27 bits per heavy atom. The summed E-state index contributed by atoms with van der Waals surface area (Å²) in [4.78, 5) is 0. The fraction of sp³-hybridized carbons (Fsp3) is 0.263. The van der Waals surface area contributed by atoms with Gasteiger partial charge >= 0.3 is 0 Å². The van der Waals surface area contributed by atoms with Gasteiger partial charge in [-0.15, -0.1) is 0 Å². The van der Waals surface area contributed by atoms with Crippen LogP contribution in [0, 0.1) is 0 Å². The van der Waals surface area contributed by atoms with Crippen LogP contribution >= 0.6 is 11.6 Å². The molecule has 0 amide bonds. The summed E-state index contributed by atoms with van der Waals surface area (Å²) in [6.45, 7) is 0.735. The van der Waals surface area contributed by atoms with E-state index in [0.717, 1.165) is 16.7 Å². The molecule has 2 aromatic carbocycles. The van der Waals surface area contributed by atoms with Gasteiger partial charge in [0.25, 0.3) is 0 Å². The van der Waals surface area contributed by atoms with Gasteiger partial charge in [0.05, 0.1) is 14.2 Å². The highest BCUT2D eigenvalue weighted by Gasteiger charge is 2.26. The van der Waals surface area contributed by atoms with Crippen molar-refractivity contribution in [2.75, 3.05) is 20.8 Å². The fourth-order valence-corrected chi connectivity index (χ4v) is 4.19. The quantitative estimate of drug-likeness (QED) is 0.776. The van der Waals surface area contributed by atoms with E-state index in [2.05, 4.69) is 0 Å². The minimum absolute atomic E-state index is 0.309. The van der Waals surface area contributed by atoms with Crippen LogP contribution in [0.2, 0.25) is 5.02 Å². The number of hydrogen-bond acceptors (Lipinski definition) is 4. The van der Waals surface area contributed by atoms with Gasteiger partial charge in [-0.25, -0.2) is 8.42 Å². The summed E-state index contributed by atoms with van der Waals surface area (Å²) in [5.74, 6) is 1.26. The first-order valence-electron chi connectivity index (χ1n) is 8.10. The minimum Gasteiger partial charge on any atom is -0.493 e. The summed E-state index contributed by atoms with van der Waals surface area (Å²) in [7, 11) is -0.367. The van der Waals surface area contributed by atoms with Crippen LogP contribution in [0.3, 0.4) is 0 Å². The SMILES string of the molecule is COc1cc2c(cc1OC)CN(S(=O)(=O)/C=C/c1ccc(Cl)cc1)CC2. The number of ether oxygens (including phenoxy) is 2. The minimum atomic E-state index is -3.52. The summed E-state index contributed by atoms with van der Waals surface area (Å²) >= 11 is 5.85. The van der Waals surface area contributed by atoms with Gasteiger partial charge in [0.1, 0.15) is 0 Å². The van der Waals surface area contributed by atoms with Crippen LogP contribution in [-0.4, -0.2) is 33.5 Å². The van der Waals surface area contributed by atoms with Gasteiger partial charge in [-0.3, -0.25) is 0 Å². The van der Waals surface area contributed by atoms with E-state index in [4.69, 9.17) is 21.1 Å². The molecule has 0 unspecified atom stereocenters. The Hall–Kier alpha value is -2.02. The first-order valence-corrected chi connectivity index (χ1v) is 9.98. The second-order valence-electron chi connectivity index (χ2n) is 5.96. The van der Waals surface area contributed by atoms with Crippen molar-refractivity contribution in [2.24, 2.45) is 0 Å². The normalized spacial score (nSPS) is 15.0. The Balaban J connectivity index is 1.81. The van der Waals surface area contributed by atoms with E-state index in [0.29, 0.717) is 36.0 Å². The third kappa shape index (κ3) is 4.03. The van der Waals surface area contributed by atoms with E-state index >= 15 is 0 Å². The number of rotatable bonds is 5. The zero-order valence-electron chi connectivity index (χ0n) is 14.6. The lowest BCUT2D eigenvalue weighted by molar-refractivity contribution is 0.349. The number of benzene rings is 2. The molecule has 0 spiro atoms. The average molecular weight is 394 g/mol. The smallest absolute Gasteiger partial charge is 0.236 e. The van der Waals surface area contributed by atoms with Crippen molar-refractivity contribution >= 4 is 27.7 Å². The molecule has 26 heavy (non-hydrogen) atoms. The summed E-state index contributed by atoms with van der Waals surface area (Å²) < 4.78 is 37.4. The van der Waals surface area contributed by atoms with Gasteiger partial charge in [-0.1, -0.05) is 23.7 Å². The molecule has 0 fully saturated rings. The molecule has 1 aliphatic heterocycles. The molecule has 1 aliphatic rings. The molecule has 0 N–H and O–H groups in total. The first-order chi connectivity index (χ1) is 12.4. The summed E-state index contributed by atoms with van der Waals surface area (Å²) in [6.07, 6.45) is 2.21. The maximum absolute atomic E-state index is 12.7. The van der Waals surface area contributed by atoms with Crippen molar-refractivity contribution in [2.45, 2.75) is 13.0 Å². The second kappa shape index (κ2) is 7.70. The number of nitrogens with zero attached hydrogens (tertiary/aromatic N) is 1. The molecule has 0 atom stereocenters. The van der Waals surface area contributed by atoms with E-state index in [1.54, 1.807) is 44.6 Å². The topological polar surface area (TPSA) is 55.8 Å². The molecule has 0 aliphatic carbocycles. The van der Waals surface area contributed by atoms with Crippen molar-refractivity contribution in [3.63, 3.8) is 0 Å². The molecule has 0 radical (unpaired) electrons. The maximum Gasteiger partial charge on any atom is 0.236 e. The highest BCUT2D eigenvalue weighted by Crippen LogP contribution is 2.34. The predicted molar refractivity (Wildman–Crippen MR) is 103 cm³/mol. The molecule has 0 bridgehead atoms. The average Bonchev–Trinajstić information content (AvgIpc) is 2.66. The Morgan fingerprint density at radius 1 is 1.04 bits per heavy atom. The van der Waals surface area contributed by atoms with Crippen molar-refractivity contribution in [1.29, 1.82) is 0 Å². The molecule has 0 saturated heterocycles. The van der Waals surface area contributed by atoms with Gasteiger partial charge in [-0.2, -0.15) is 4.31 Å².